The van der Waals surface area contributed by atoms with Crippen LogP contribution in [0.2, 0.25) is 0 Å². The Balaban J connectivity index is 1.62. The van der Waals surface area contributed by atoms with Crippen LogP contribution in [0.4, 0.5) is 0 Å². The molecule has 0 fully saturated rings. The second-order valence-corrected chi connectivity index (χ2v) is 8.46. The molecule has 1 aliphatic rings. The van der Waals surface area contributed by atoms with Crippen molar-refractivity contribution in [2.75, 3.05) is 7.11 Å². The van der Waals surface area contributed by atoms with E-state index in [0.717, 1.165) is 21.2 Å². The van der Waals surface area contributed by atoms with Gasteiger partial charge in [-0.15, -0.1) is 0 Å². The quantitative estimate of drug-likeness (QED) is 0.277. The minimum Gasteiger partial charge on any atom is -0.493 e. The highest BCUT2D eigenvalue weighted by molar-refractivity contribution is 9.10. The highest BCUT2D eigenvalue weighted by Gasteiger charge is 2.27. The molecule has 7 heteroatoms. The number of nitrogens with zero attached hydrogens (tertiary/aromatic N) is 1. The first kappa shape index (κ1) is 21.3. The molecule has 0 amide bonds. The first-order valence-corrected chi connectivity index (χ1v) is 11.0. The van der Waals surface area contributed by atoms with Gasteiger partial charge in [0.15, 0.2) is 11.5 Å². The third kappa shape index (κ3) is 4.89. The molecule has 0 saturated heterocycles. The van der Waals surface area contributed by atoms with Crippen molar-refractivity contribution in [1.82, 2.24) is 0 Å². The van der Waals surface area contributed by atoms with Gasteiger partial charge in [-0.25, -0.2) is 4.79 Å². The Labute approximate surface area is 196 Å². The number of oxime groups is 1. The first-order valence-electron chi connectivity index (χ1n) is 9.37. The molecular weight excluding hydrogens is 526 g/mol. The molecule has 4 rings (SSSR count). The molecule has 3 aromatic carbocycles. The number of hydrogen-bond acceptors (Lipinski definition) is 5. The Hall–Kier alpha value is -2.90. The van der Waals surface area contributed by atoms with Crippen molar-refractivity contribution in [1.29, 1.82) is 0 Å². The number of carbonyl (C=O) groups excluding carboxylic acids is 1. The summed E-state index contributed by atoms with van der Waals surface area (Å²) in [4.78, 5) is 17.2. The van der Waals surface area contributed by atoms with Gasteiger partial charge in [-0.05, 0) is 57.4 Å². The maximum atomic E-state index is 12.3. The molecule has 0 aliphatic carbocycles. The van der Waals surface area contributed by atoms with Crippen molar-refractivity contribution in [3.05, 3.63) is 97.9 Å². The molecule has 1 aliphatic heterocycles. The number of rotatable bonds is 6. The Morgan fingerprint density at radius 2 is 1.77 bits per heavy atom. The van der Waals surface area contributed by atoms with Gasteiger partial charge < -0.3 is 14.3 Å². The summed E-state index contributed by atoms with van der Waals surface area (Å²) in [5.74, 6) is 0.630. The lowest BCUT2D eigenvalue weighted by Gasteiger charge is -2.14. The molecule has 1 heterocycles. The molecule has 3 aromatic rings. The second-order valence-electron chi connectivity index (χ2n) is 6.69. The standard InChI is InChI=1S/C24H17Br2NO4/c1-29-21-13-16(11-19-22(27-31-24(19)28)17-5-3-2-4-6-17)12-20(26)23(21)30-14-15-7-9-18(25)10-8-15/h2-13H,14H2,1H3/b19-11-. The average Bonchev–Trinajstić information content (AvgIpc) is 3.14. The smallest absolute Gasteiger partial charge is 0.368 e. The van der Waals surface area contributed by atoms with Crippen LogP contribution in [0.3, 0.4) is 0 Å². The Bertz CT molecular complexity index is 1170. The van der Waals surface area contributed by atoms with Gasteiger partial charge in [0.25, 0.3) is 0 Å². The average molecular weight is 543 g/mol. The van der Waals surface area contributed by atoms with E-state index in [1.54, 1.807) is 13.2 Å². The van der Waals surface area contributed by atoms with Crippen molar-refractivity contribution in [2.45, 2.75) is 6.61 Å². The van der Waals surface area contributed by atoms with Crippen LogP contribution in [0.25, 0.3) is 6.08 Å². The van der Waals surface area contributed by atoms with Crippen LogP contribution in [0.15, 0.2) is 86.4 Å². The predicted octanol–water partition coefficient (Wildman–Crippen LogP) is 6.14. The van der Waals surface area contributed by atoms with Crippen molar-refractivity contribution < 1.29 is 19.1 Å². The van der Waals surface area contributed by atoms with Crippen LogP contribution in [0.5, 0.6) is 11.5 Å². The van der Waals surface area contributed by atoms with Gasteiger partial charge in [-0.1, -0.05) is 63.6 Å². The van der Waals surface area contributed by atoms with Gasteiger partial charge in [-0.2, -0.15) is 0 Å². The van der Waals surface area contributed by atoms with E-state index in [1.165, 1.54) is 0 Å². The molecule has 0 saturated carbocycles. The minimum absolute atomic E-state index is 0.378. The Morgan fingerprint density at radius 1 is 1.03 bits per heavy atom. The predicted molar refractivity (Wildman–Crippen MR) is 126 cm³/mol. The molecule has 0 unspecified atom stereocenters. The van der Waals surface area contributed by atoms with Crippen molar-refractivity contribution in [3.63, 3.8) is 0 Å². The molecule has 0 aromatic heterocycles. The van der Waals surface area contributed by atoms with Crippen molar-refractivity contribution in [2.24, 2.45) is 5.16 Å². The Morgan fingerprint density at radius 3 is 2.48 bits per heavy atom. The van der Waals surface area contributed by atoms with E-state index in [1.807, 2.05) is 66.7 Å². The van der Waals surface area contributed by atoms with Gasteiger partial charge in [0.2, 0.25) is 0 Å². The molecule has 0 N–H and O–H groups in total. The summed E-state index contributed by atoms with van der Waals surface area (Å²) >= 11 is 6.99. The first-order chi connectivity index (χ1) is 15.0. The summed E-state index contributed by atoms with van der Waals surface area (Å²) in [5.41, 5.74) is 3.46. The zero-order valence-corrected chi connectivity index (χ0v) is 19.6. The van der Waals surface area contributed by atoms with Gasteiger partial charge in [0.1, 0.15) is 12.3 Å². The van der Waals surface area contributed by atoms with Crippen LogP contribution >= 0.6 is 31.9 Å². The second kappa shape index (κ2) is 9.49. The molecule has 0 bridgehead atoms. The zero-order valence-electron chi connectivity index (χ0n) is 16.5. The van der Waals surface area contributed by atoms with Crippen molar-refractivity contribution >= 4 is 49.6 Å². The number of hydrogen-bond donors (Lipinski definition) is 0. The van der Waals surface area contributed by atoms with Gasteiger partial charge in [-0.3, -0.25) is 0 Å². The third-order valence-corrected chi connectivity index (χ3v) is 5.72. The highest BCUT2D eigenvalue weighted by atomic mass is 79.9. The summed E-state index contributed by atoms with van der Waals surface area (Å²) in [7, 11) is 1.58. The molecule has 156 valence electrons. The number of halogens is 2. The van der Waals surface area contributed by atoms with Gasteiger partial charge in [0, 0.05) is 10.0 Å². The third-order valence-electron chi connectivity index (χ3n) is 4.60. The van der Waals surface area contributed by atoms with E-state index in [9.17, 15) is 4.79 Å². The fourth-order valence-corrected chi connectivity index (χ4v) is 3.92. The fourth-order valence-electron chi connectivity index (χ4n) is 3.08. The molecule has 0 spiro atoms. The molecule has 5 nitrogen and oxygen atoms in total. The van der Waals surface area contributed by atoms with Gasteiger partial charge in [0.05, 0.1) is 17.2 Å². The van der Waals surface area contributed by atoms with Crippen LogP contribution in [0, 0.1) is 0 Å². The number of benzene rings is 3. The zero-order chi connectivity index (χ0) is 21.8. The summed E-state index contributed by atoms with van der Waals surface area (Å²) < 4.78 is 13.3. The van der Waals surface area contributed by atoms with Gasteiger partial charge >= 0.3 is 5.97 Å². The number of carbonyl (C=O) groups is 1. The maximum absolute atomic E-state index is 12.3. The topological polar surface area (TPSA) is 57.1 Å². The molecule has 0 atom stereocenters. The van der Waals surface area contributed by atoms with E-state index < -0.39 is 5.97 Å². The number of ether oxygens (including phenoxy) is 2. The lowest BCUT2D eigenvalue weighted by molar-refractivity contribution is -0.136. The van der Waals surface area contributed by atoms with Crippen LogP contribution in [-0.4, -0.2) is 18.8 Å². The maximum Gasteiger partial charge on any atom is 0.368 e. The highest BCUT2D eigenvalue weighted by Crippen LogP contribution is 2.38. The largest absolute Gasteiger partial charge is 0.493 e. The van der Waals surface area contributed by atoms with E-state index in [2.05, 4.69) is 37.0 Å². The Kier molecular flexibility index (Phi) is 6.53. The summed E-state index contributed by atoms with van der Waals surface area (Å²) in [6, 6.07) is 21.0. The molecule has 31 heavy (non-hydrogen) atoms. The lowest BCUT2D eigenvalue weighted by Crippen LogP contribution is -2.06. The van der Waals surface area contributed by atoms with Crippen molar-refractivity contribution in [3.8, 4) is 11.5 Å². The summed E-state index contributed by atoms with van der Waals surface area (Å²) in [6.45, 7) is 0.389. The monoisotopic (exact) mass is 541 g/mol. The summed E-state index contributed by atoms with van der Waals surface area (Å²) in [5, 5.41) is 3.94. The van der Waals surface area contributed by atoms with Crippen LogP contribution < -0.4 is 9.47 Å². The summed E-state index contributed by atoms with van der Waals surface area (Å²) in [6.07, 6.45) is 1.73. The van der Waals surface area contributed by atoms with E-state index in [0.29, 0.717) is 33.9 Å². The lowest BCUT2D eigenvalue weighted by atomic mass is 10.0. The minimum atomic E-state index is -0.496. The van der Waals surface area contributed by atoms with E-state index in [-0.39, 0.29) is 0 Å². The molecular formula is C24H17Br2NO4. The van der Waals surface area contributed by atoms with E-state index in [4.69, 9.17) is 14.3 Å². The normalized spacial score (nSPS) is 14.4. The SMILES string of the molecule is COc1cc(/C=C2\C(=O)ON=C2c2ccccc2)cc(Br)c1OCc1ccc(Br)cc1. The van der Waals surface area contributed by atoms with E-state index >= 15 is 0 Å². The van der Waals surface area contributed by atoms with Crippen LogP contribution in [-0.2, 0) is 16.2 Å². The fraction of sp³-hybridized carbons (Fsp3) is 0.0833. The molecule has 0 radical (unpaired) electrons. The van der Waals surface area contributed by atoms with Crippen LogP contribution in [0.1, 0.15) is 16.7 Å². The number of methoxy groups -OCH3 is 1.